The molecular formula is C24H26FN3O3. The fraction of sp³-hybridized carbons (Fsp3) is 0.458. The lowest BCUT2D eigenvalue weighted by Gasteiger charge is -2.35. The highest BCUT2D eigenvalue weighted by Gasteiger charge is 2.35. The van der Waals surface area contributed by atoms with E-state index in [1.54, 1.807) is 23.2 Å². The molecule has 4 rings (SSSR count). The van der Waals surface area contributed by atoms with Gasteiger partial charge in [-0.1, -0.05) is 0 Å². The zero-order valence-corrected chi connectivity index (χ0v) is 18.0. The van der Waals surface area contributed by atoms with Crippen molar-refractivity contribution in [1.82, 2.24) is 9.88 Å². The maximum Gasteiger partial charge on any atom is 0.410 e. The van der Waals surface area contributed by atoms with Crippen molar-refractivity contribution in [2.75, 3.05) is 13.1 Å². The Morgan fingerprint density at radius 1 is 1.29 bits per heavy atom. The van der Waals surface area contributed by atoms with Gasteiger partial charge in [0.05, 0.1) is 23.5 Å². The molecule has 1 saturated heterocycles. The van der Waals surface area contributed by atoms with E-state index in [0.717, 1.165) is 30.6 Å². The largest absolute Gasteiger partial charge is 0.488 e. The number of halogens is 1. The molecule has 2 aromatic rings. The summed E-state index contributed by atoms with van der Waals surface area (Å²) in [5.74, 6) is 0.607. The number of benzene rings is 1. The molecule has 0 aliphatic carbocycles. The van der Waals surface area contributed by atoms with Gasteiger partial charge in [-0.25, -0.2) is 9.18 Å². The van der Waals surface area contributed by atoms with Gasteiger partial charge in [-0.2, -0.15) is 5.26 Å². The number of ether oxygens (including phenoxy) is 2. The van der Waals surface area contributed by atoms with E-state index in [9.17, 15) is 9.18 Å². The van der Waals surface area contributed by atoms with Crippen molar-refractivity contribution in [3.8, 4) is 23.1 Å². The summed E-state index contributed by atoms with van der Waals surface area (Å²) in [6, 6.07) is 8.21. The molecule has 1 fully saturated rings. The number of carbonyl (C=O) groups is 1. The third kappa shape index (κ3) is 4.63. The Kier molecular flexibility index (Phi) is 5.57. The van der Waals surface area contributed by atoms with Crippen LogP contribution in [-0.4, -0.2) is 40.8 Å². The minimum absolute atomic E-state index is 0.0265. The summed E-state index contributed by atoms with van der Waals surface area (Å²) in [7, 11) is 0. The zero-order valence-electron chi connectivity index (χ0n) is 18.0. The number of hydrogen-bond donors (Lipinski definition) is 0. The number of fused-ring (bicyclic) bond motifs is 1. The van der Waals surface area contributed by atoms with Crippen molar-refractivity contribution >= 4 is 6.09 Å². The maximum absolute atomic E-state index is 14.4. The highest BCUT2D eigenvalue weighted by molar-refractivity contribution is 5.68. The standard InChI is InChI=1S/C24H26FN3O3/c1-24(2,3)31-23(29)28-8-6-16(7-9-28)21-12-17-11-20(27-14-22(17)30-21)18-5-4-15(13-26)10-19(18)25/h4-5,10-11,14,16,21H,6-9,12H2,1-3H3. The minimum atomic E-state index is -0.497. The highest BCUT2D eigenvalue weighted by Crippen LogP contribution is 2.37. The first kappa shape index (κ1) is 21.1. The van der Waals surface area contributed by atoms with Crippen molar-refractivity contribution in [2.45, 2.75) is 51.7 Å². The van der Waals surface area contributed by atoms with E-state index < -0.39 is 11.4 Å². The van der Waals surface area contributed by atoms with Crippen LogP contribution >= 0.6 is 0 Å². The summed E-state index contributed by atoms with van der Waals surface area (Å²) in [4.78, 5) is 18.4. The van der Waals surface area contributed by atoms with Crippen molar-refractivity contribution in [3.63, 3.8) is 0 Å². The number of aromatic nitrogens is 1. The quantitative estimate of drug-likeness (QED) is 0.699. The predicted octanol–water partition coefficient (Wildman–Crippen LogP) is 4.71. The predicted molar refractivity (Wildman–Crippen MR) is 113 cm³/mol. The number of nitriles is 1. The SMILES string of the molecule is CC(C)(C)OC(=O)N1CCC(C2Cc3cc(-c4ccc(C#N)cc4F)ncc3O2)CC1. The summed E-state index contributed by atoms with van der Waals surface area (Å²) in [5.41, 5.74) is 1.70. The molecule has 0 bridgehead atoms. The molecule has 162 valence electrons. The number of rotatable bonds is 2. The van der Waals surface area contributed by atoms with Crippen molar-refractivity contribution < 1.29 is 18.7 Å². The van der Waals surface area contributed by atoms with Gasteiger partial charge in [-0.15, -0.1) is 0 Å². The molecule has 0 radical (unpaired) electrons. The van der Waals surface area contributed by atoms with Crippen LogP contribution in [0.25, 0.3) is 11.3 Å². The molecule has 2 aliphatic rings. The lowest BCUT2D eigenvalue weighted by Crippen LogP contribution is -2.44. The van der Waals surface area contributed by atoms with E-state index in [1.165, 1.54) is 6.07 Å². The van der Waals surface area contributed by atoms with Gasteiger partial charge >= 0.3 is 6.09 Å². The summed E-state index contributed by atoms with van der Waals surface area (Å²) in [5, 5.41) is 8.92. The average Bonchev–Trinajstić information content (AvgIpc) is 3.16. The Labute approximate surface area is 181 Å². The Morgan fingerprint density at radius 2 is 2.03 bits per heavy atom. The van der Waals surface area contributed by atoms with Crippen molar-refractivity contribution in [1.29, 1.82) is 5.26 Å². The molecule has 0 spiro atoms. The second-order valence-electron chi connectivity index (χ2n) is 9.15. The third-order valence-corrected chi connectivity index (χ3v) is 5.74. The molecule has 1 aromatic heterocycles. The summed E-state index contributed by atoms with van der Waals surface area (Å²) in [6.45, 7) is 6.90. The van der Waals surface area contributed by atoms with Crippen LogP contribution in [0.2, 0.25) is 0 Å². The third-order valence-electron chi connectivity index (χ3n) is 5.74. The van der Waals surface area contributed by atoms with E-state index in [-0.39, 0.29) is 17.8 Å². The minimum Gasteiger partial charge on any atom is -0.488 e. The Balaban J connectivity index is 1.40. The molecule has 1 unspecified atom stereocenters. The Bertz CT molecular complexity index is 1030. The highest BCUT2D eigenvalue weighted by atomic mass is 19.1. The molecule has 2 aliphatic heterocycles. The van der Waals surface area contributed by atoms with Crippen LogP contribution in [0.15, 0.2) is 30.5 Å². The van der Waals surface area contributed by atoms with E-state index >= 15 is 0 Å². The first-order chi connectivity index (χ1) is 14.7. The van der Waals surface area contributed by atoms with Gasteiger partial charge in [0, 0.05) is 30.6 Å². The van der Waals surface area contributed by atoms with Gasteiger partial charge in [-0.3, -0.25) is 4.98 Å². The number of carbonyl (C=O) groups excluding carboxylic acids is 1. The normalized spacial score (nSPS) is 18.8. The maximum atomic E-state index is 14.4. The first-order valence-corrected chi connectivity index (χ1v) is 10.6. The first-order valence-electron chi connectivity index (χ1n) is 10.6. The molecule has 6 nitrogen and oxygen atoms in total. The van der Waals surface area contributed by atoms with Crippen LogP contribution in [0.1, 0.15) is 44.7 Å². The second-order valence-corrected chi connectivity index (χ2v) is 9.15. The molecule has 0 N–H and O–H groups in total. The lowest BCUT2D eigenvalue weighted by atomic mass is 9.89. The van der Waals surface area contributed by atoms with E-state index in [4.69, 9.17) is 14.7 Å². The van der Waals surface area contributed by atoms with Gasteiger partial charge in [-0.05, 0) is 63.8 Å². The smallest absolute Gasteiger partial charge is 0.410 e. The van der Waals surface area contributed by atoms with Gasteiger partial charge in [0.25, 0.3) is 0 Å². The summed E-state index contributed by atoms with van der Waals surface area (Å²) >= 11 is 0. The van der Waals surface area contributed by atoms with Crippen LogP contribution in [0.5, 0.6) is 5.75 Å². The van der Waals surface area contributed by atoms with Crippen LogP contribution in [0.4, 0.5) is 9.18 Å². The topological polar surface area (TPSA) is 75.5 Å². The second kappa shape index (κ2) is 8.18. The van der Waals surface area contributed by atoms with Crippen molar-refractivity contribution in [2.24, 2.45) is 5.92 Å². The summed E-state index contributed by atoms with van der Waals surface area (Å²) < 4.78 is 26.0. The van der Waals surface area contributed by atoms with Gasteiger partial charge in [0.15, 0.2) is 0 Å². The molecule has 1 aromatic carbocycles. The number of amides is 1. The molecule has 1 amide bonds. The van der Waals surface area contributed by atoms with Crippen LogP contribution in [-0.2, 0) is 11.2 Å². The molecule has 3 heterocycles. The fourth-order valence-corrected chi connectivity index (χ4v) is 4.15. The Morgan fingerprint density at radius 3 is 2.68 bits per heavy atom. The zero-order chi connectivity index (χ0) is 22.2. The monoisotopic (exact) mass is 423 g/mol. The summed E-state index contributed by atoms with van der Waals surface area (Å²) in [6.07, 6.45) is 3.85. The van der Waals surface area contributed by atoms with E-state index in [1.807, 2.05) is 32.9 Å². The average molecular weight is 423 g/mol. The fourth-order valence-electron chi connectivity index (χ4n) is 4.15. The Hall–Kier alpha value is -3.14. The molecule has 7 heteroatoms. The number of nitrogens with zero attached hydrogens (tertiary/aromatic N) is 3. The van der Waals surface area contributed by atoms with E-state index in [0.29, 0.717) is 30.3 Å². The number of hydrogen-bond acceptors (Lipinski definition) is 5. The number of likely N-dealkylation sites (tertiary alicyclic amines) is 1. The van der Waals surface area contributed by atoms with Crippen molar-refractivity contribution in [3.05, 3.63) is 47.4 Å². The van der Waals surface area contributed by atoms with E-state index in [2.05, 4.69) is 4.98 Å². The molecule has 1 atom stereocenters. The molecule has 0 saturated carbocycles. The van der Waals surface area contributed by atoms with Crippen LogP contribution in [0, 0.1) is 23.1 Å². The van der Waals surface area contributed by atoms with Crippen LogP contribution < -0.4 is 4.74 Å². The molecular weight excluding hydrogens is 397 g/mol. The molecule has 31 heavy (non-hydrogen) atoms. The van der Waals surface area contributed by atoms with Gasteiger partial charge in [0.1, 0.15) is 23.3 Å². The number of pyridine rings is 1. The van der Waals surface area contributed by atoms with Crippen LogP contribution in [0.3, 0.4) is 0 Å². The van der Waals surface area contributed by atoms with Gasteiger partial charge in [0.2, 0.25) is 0 Å². The lowest BCUT2D eigenvalue weighted by molar-refractivity contribution is 0.0123. The van der Waals surface area contributed by atoms with Gasteiger partial charge < -0.3 is 14.4 Å². The number of piperidine rings is 1.